The van der Waals surface area contributed by atoms with Gasteiger partial charge in [0.1, 0.15) is 0 Å². The van der Waals surface area contributed by atoms with Crippen molar-refractivity contribution in [3.8, 4) is 100 Å². The second-order valence-electron chi connectivity index (χ2n) is 27.4. The molecule has 20 rings (SSSR count). The monoisotopic (exact) mass is 1310 g/mol. The van der Waals surface area contributed by atoms with E-state index in [-0.39, 0.29) is 6.71 Å². The Balaban J connectivity index is 0.908. The van der Waals surface area contributed by atoms with Gasteiger partial charge in [0.25, 0.3) is 6.71 Å². The first-order valence-corrected chi connectivity index (χ1v) is 35.6. The first kappa shape index (κ1) is 59.6. The molecule has 2 aliphatic heterocycles. The van der Waals surface area contributed by atoms with Crippen LogP contribution in [0.25, 0.3) is 143 Å². The first-order valence-electron chi connectivity index (χ1n) is 35.6. The standard InChI is InChI=1S/C99H64BN3/c1-7-23-65(24-8-1)71-43-47-85(48-44-71)102-95-59-75-41-39-73-35-19-21-37-87(73)89(75)63-91(95)100-92-64-90-76(42-40-74-36-20-22-38-88(74)90)60-96(92)103(86-49-45-72(46-50-86)66-25-9-2-10-26-66)98-62-82(61-97(102)99(98)100)81-57-93(83-53-77(67-27-11-3-12-28-67)51-78(54-83)68-29-13-4-14-30-68)101-94(58-81)84-55-79(69-31-15-5-16-32-69)52-80(56-84)70-33-17-6-18-34-70/h1-64H. The van der Waals surface area contributed by atoms with Gasteiger partial charge in [-0.05, 0) is 234 Å². The highest BCUT2D eigenvalue weighted by atomic mass is 15.2. The Kier molecular flexibility index (Phi) is 14.4. The zero-order valence-corrected chi connectivity index (χ0v) is 56.4. The molecule has 0 saturated carbocycles. The van der Waals surface area contributed by atoms with Gasteiger partial charge in [0.15, 0.2) is 0 Å². The molecule has 0 atom stereocenters. The summed E-state index contributed by atoms with van der Waals surface area (Å²) in [5, 5.41) is 9.77. The zero-order valence-electron chi connectivity index (χ0n) is 56.4. The Morgan fingerprint density at radius 2 is 0.466 bits per heavy atom. The maximum atomic E-state index is 5.92. The second-order valence-corrected chi connectivity index (χ2v) is 27.4. The normalized spacial score (nSPS) is 12.2. The number of hydrogen-bond donors (Lipinski definition) is 0. The molecular formula is C99H64BN3. The Labute approximate surface area is 599 Å². The van der Waals surface area contributed by atoms with Gasteiger partial charge in [-0.25, -0.2) is 4.98 Å². The van der Waals surface area contributed by atoms with Gasteiger partial charge in [-0.1, -0.05) is 291 Å². The minimum absolute atomic E-state index is 0.201. The second kappa shape index (κ2) is 24.8. The molecule has 0 fully saturated rings. The van der Waals surface area contributed by atoms with E-state index in [9.17, 15) is 0 Å². The minimum Gasteiger partial charge on any atom is -0.311 e. The van der Waals surface area contributed by atoms with Crippen molar-refractivity contribution in [3.05, 3.63) is 388 Å². The van der Waals surface area contributed by atoms with Crippen LogP contribution in [0.2, 0.25) is 0 Å². The molecule has 103 heavy (non-hydrogen) atoms. The number of benzene rings is 17. The first-order chi connectivity index (χ1) is 51.0. The summed E-state index contributed by atoms with van der Waals surface area (Å²) in [6, 6.07) is 144. The van der Waals surface area contributed by atoms with E-state index in [1.165, 1.54) is 70.6 Å². The van der Waals surface area contributed by atoms with Crippen LogP contribution in [0.15, 0.2) is 388 Å². The summed E-state index contributed by atoms with van der Waals surface area (Å²) in [6.45, 7) is -0.201. The van der Waals surface area contributed by atoms with Gasteiger partial charge in [0.2, 0.25) is 0 Å². The third kappa shape index (κ3) is 10.6. The quantitative estimate of drug-likeness (QED) is 0.0950. The molecule has 0 N–H and O–H groups in total. The number of pyridine rings is 1. The number of nitrogens with zero attached hydrogens (tertiary/aromatic N) is 3. The van der Waals surface area contributed by atoms with Crippen LogP contribution in [-0.2, 0) is 0 Å². The van der Waals surface area contributed by atoms with Crippen molar-refractivity contribution in [2.45, 2.75) is 0 Å². The molecule has 18 aromatic rings. The Morgan fingerprint density at radius 1 is 0.184 bits per heavy atom. The maximum absolute atomic E-state index is 5.92. The highest BCUT2D eigenvalue weighted by Crippen LogP contribution is 2.50. The lowest BCUT2D eigenvalue weighted by atomic mass is 9.33. The molecule has 0 saturated heterocycles. The topological polar surface area (TPSA) is 19.4 Å². The van der Waals surface area contributed by atoms with Crippen LogP contribution in [0, 0.1) is 0 Å². The summed E-state index contributed by atoms with van der Waals surface area (Å²) in [7, 11) is 0. The third-order valence-corrected chi connectivity index (χ3v) is 21.3. The molecular weight excluding hydrogens is 1240 g/mol. The van der Waals surface area contributed by atoms with Gasteiger partial charge >= 0.3 is 0 Å². The lowest BCUT2D eigenvalue weighted by Gasteiger charge is -2.45. The van der Waals surface area contributed by atoms with E-state index in [2.05, 4.69) is 398 Å². The van der Waals surface area contributed by atoms with Crippen molar-refractivity contribution in [1.82, 2.24) is 4.98 Å². The largest absolute Gasteiger partial charge is 0.311 e. The molecule has 1 aromatic heterocycles. The van der Waals surface area contributed by atoms with E-state index < -0.39 is 0 Å². The van der Waals surface area contributed by atoms with Crippen LogP contribution < -0.4 is 26.2 Å². The molecule has 0 unspecified atom stereocenters. The summed E-state index contributed by atoms with van der Waals surface area (Å²) < 4.78 is 0. The summed E-state index contributed by atoms with van der Waals surface area (Å²) in [5.74, 6) is 0. The molecule has 0 aliphatic carbocycles. The highest BCUT2D eigenvalue weighted by Gasteiger charge is 2.44. The average molecular weight is 1310 g/mol. The van der Waals surface area contributed by atoms with Crippen LogP contribution in [0.4, 0.5) is 34.1 Å². The molecule has 3 nitrogen and oxygen atoms in total. The number of rotatable bonds is 11. The summed E-state index contributed by atoms with van der Waals surface area (Å²) in [4.78, 5) is 11.1. The Bertz CT molecular complexity index is 5830. The fraction of sp³-hybridized carbons (Fsp3) is 0. The van der Waals surface area contributed by atoms with Crippen LogP contribution in [0.5, 0.6) is 0 Å². The number of anilines is 6. The molecule has 0 radical (unpaired) electrons. The number of aromatic nitrogens is 1. The van der Waals surface area contributed by atoms with E-state index in [0.717, 1.165) is 123 Å². The van der Waals surface area contributed by atoms with Crippen molar-refractivity contribution in [2.75, 3.05) is 9.80 Å². The van der Waals surface area contributed by atoms with Gasteiger partial charge < -0.3 is 9.80 Å². The molecule has 4 heteroatoms. The fourth-order valence-electron chi connectivity index (χ4n) is 16.3. The summed E-state index contributed by atoms with van der Waals surface area (Å²) in [5.41, 5.74) is 30.0. The van der Waals surface area contributed by atoms with Crippen LogP contribution >= 0.6 is 0 Å². The molecule has 2 aliphatic rings. The van der Waals surface area contributed by atoms with Gasteiger partial charge in [0.05, 0.1) is 11.4 Å². The molecule has 478 valence electrons. The van der Waals surface area contributed by atoms with Crippen molar-refractivity contribution in [2.24, 2.45) is 0 Å². The fourth-order valence-corrected chi connectivity index (χ4v) is 16.3. The van der Waals surface area contributed by atoms with Crippen molar-refractivity contribution in [3.63, 3.8) is 0 Å². The average Bonchev–Trinajstić information content (AvgIpc) is 0.688. The Hall–Kier alpha value is -13.4. The van der Waals surface area contributed by atoms with E-state index in [4.69, 9.17) is 4.98 Å². The molecule has 0 spiro atoms. The molecule has 3 heterocycles. The predicted molar refractivity (Wildman–Crippen MR) is 437 cm³/mol. The molecule has 0 bridgehead atoms. The van der Waals surface area contributed by atoms with Crippen LogP contribution in [0.1, 0.15) is 0 Å². The smallest absolute Gasteiger partial charge is 0.252 e. The van der Waals surface area contributed by atoms with Crippen molar-refractivity contribution < 1.29 is 0 Å². The molecule has 17 aromatic carbocycles. The SMILES string of the molecule is c1ccc(-c2ccc(N3c4cc5ccc6ccccc6c5cc4B4c5cc6c(ccc7ccccc76)cc5N(c5ccc(-c6ccccc6)cc5)c5cc(-c6cc(-c7cc(-c8ccccc8)cc(-c8ccccc8)c7)nc(-c7cc(-c8ccccc8)cc(-c8ccccc8)c7)c6)cc3c54)cc2)cc1. The van der Waals surface area contributed by atoms with Crippen LogP contribution in [-0.4, -0.2) is 11.7 Å². The summed E-state index contributed by atoms with van der Waals surface area (Å²) in [6.07, 6.45) is 0. The Morgan fingerprint density at radius 3 is 0.825 bits per heavy atom. The van der Waals surface area contributed by atoms with Crippen LogP contribution in [0.3, 0.4) is 0 Å². The number of hydrogen-bond acceptors (Lipinski definition) is 3. The number of fused-ring (bicyclic) bond motifs is 10. The lowest BCUT2D eigenvalue weighted by Crippen LogP contribution is -2.61. The van der Waals surface area contributed by atoms with Gasteiger partial charge in [-0.2, -0.15) is 0 Å². The van der Waals surface area contributed by atoms with Gasteiger partial charge in [0, 0.05) is 45.3 Å². The zero-order chi connectivity index (χ0) is 67.9. The van der Waals surface area contributed by atoms with E-state index in [1.54, 1.807) is 0 Å². The van der Waals surface area contributed by atoms with Gasteiger partial charge in [-0.3, -0.25) is 0 Å². The van der Waals surface area contributed by atoms with Crippen molar-refractivity contribution >= 4 is 100 Å². The molecule has 0 amide bonds. The summed E-state index contributed by atoms with van der Waals surface area (Å²) >= 11 is 0. The highest BCUT2D eigenvalue weighted by molar-refractivity contribution is 7.00. The minimum atomic E-state index is -0.201. The van der Waals surface area contributed by atoms with E-state index in [1.807, 2.05) is 0 Å². The third-order valence-electron chi connectivity index (χ3n) is 21.3. The van der Waals surface area contributed by atoms with Crippen molar-refractivity contribution in [1.29, 1.82) is 0 Å². The lowest BCUT2D eigenvalue weighted by molar-refractivity contribution is 1.26. The predicted octanol–water partition coefficient (Wildman–Crippen LogP) is 24.8. The van der Waals surface area contributed by atoms with Gasteiger partial charge in [-0.15, -0.1) is 0 Å². The van der Waals surface area contributed by atoms with E-state index >= 15 is 0 Å². The maximum Gasteiger partial charge on any atom is 0.252 e. The van der Waals surface area contributed by atoms with E-state index in [0.29, 0.717) is 0 Å².